The molecule has 3 aromatic rings. The Labute approximate surface area is 396 Å². The zero-order valence-corrected chi connectivity index (χ0v) is 41.2. The van der Waals surface area contributed by atoms with E-state index in [0.29, 0.717) is 67.4 Å². The van der Waals surface area contributed by atoms with Crippen LogP contribution in [-0.4, -0.2) is 65.6 Å². The number of carbonyl (C=O) groups is 3. The van der Waals surface area contributed by atoms with Gasteiger partial charge in [-0.1, -0.05) is 145 Å². The van der Waals surface area contributed by atoms with Crippen LogP contribution in [0.1, 0.15) is 156 Å². The molecule has 64 heavy (non-hydrogen) atoms. The number of hydrogen-bond acceptors (Lipinski definition) is 6. The number of Topliss-reactive ketones (excluding diaryl/α,β-unsaturated/α-hetero) is 1. The van der Waals surface area contributed by atoms with E-state index >= 15 is 0 Å². The van der Waals surface area contributed by atoms with Crippen molar-refractivity contribution in [2.45, 2.75) is 132 Å². The third-order valence-electron chi connectivity index (χ3n) is 13.7. The van der Waals surface area contributed by atoms with Gasteiger partial charge in [0.1, 0.15) is 12.5 Å². The summed E-state index contributed by atoms with van der Waals surface area (Å²) in [6, 6.07) is 1.09. The number of ketones is 1. The first-order valence-corrected chi connectivity index (χ1v) is 23.2. The number of aliphatic hydroxyl groups is 1. The molecular weight excluding hydrogens is 813 g/mol. The molecule has 1 saturated heterocycles. The van der Waals surface area contributed by atoms with Gasteiger partial charge in [0.25, 0.3) is 0 Å². The molecule has 3 aliphatic rings. The van der Waals surface area contributed by atoms with E-state index < -0.39 is 17.9 Å². The second kappa shape index (κ2) is 22.6. The minimum absolute atomic E-state index is 0. The molecule has 3 aromatic heterocycles. The van der Waals surface area contributed by atoms with Crippen molar-refractivity contribution in [3.8, 4) is 0 Å². The fourth-order valence-electron chi connectivity index (χ4n) is 9.77. The number of ether oxygens (including phenoxy) is 2. The Bertz CT molecular complexity index is 2500. The van der Waals surface area contributed by atoms with Crippen LogP contribution in [0.4, 0.5) is 0 Å². The number of aliphatic hydroxyl groups excluding tert-OH is 1. The molecule has 340 valence electrons. The van der Waals surface area contributed by atoms with Gasteiger partial charge in [-0.25, -0.2) is 0 Å². The number of fused-ring (bicyclic) bond motifs is 8. The first kappa shape index (κ1) is 50.5. The molecule has 11 heteroatoms. The number of nitrogens with zero attached hydrogens (tertiary/aromatic N) is 4. The number of rotatable bonds is 19. The van der Waals surface area contributed by atoms with E-state index in [9.17, 15) is 19.5 Å². The summed E-state index contributed by atoms with van der Waals surface area (Å²) in [5.74, 6) is -0.716. The van der Waals surface area contributed by atoms with Crippen LogP contribution >= 0.6 is 0 Å². The normalized spacial score (nSPS) is 22.1. The Morgan fingerprint density at radius 1 is 0.891 bits per heavy atom. The summed E-state index contributed by atoms with van der Waals surface area (Å²) in [6.07, 6.45) is 22.1. The minimum atomic E-state index is -1.22. The molecule has 1 unspecified atom stereocenters. The largest absolute Gasteiger partial charge is 2.00 e. The van der Waals surface area contributed by atoms with Crippen LogP contribution in [0.5, 0.6) is 0 Å². The zero-order valence-electron chi connectivity index (χ0n) is 39.8. The first-order valence-electron chi connectivity index (χ1n) is 23.2. The Hall–Kier alpha value is -4.48. The smallest absolute Gasteiger partial charge is 0.681 e. The fraction of sp³-hybridized carbons (Fsp3) is 0.528. The average Bonchev–Trinajstić information content (AvgIpc) is 4.01. The topological polar surface area (TPSA) is 146 Å². The van der Waals surface area contributed by atoms with Gasteiger partial charge in [-0.3, -0.25) is 14.4 Å². The third kappa shape index (κ3) is 11.5. The molecule has 1 fully saturated rings. The van der Waals surface area contributed by atoms with E-state index in [2.05, 4.69) is 48.1 Å². The molecule has 1 N–H and O–H groups in total. The van der Waals surface area contributed by atoms with Gasteiger partial charge in [-0.05, 0) is 86.5 Å². The van der Waals surface area contributed by atoms with Crippen LogP contribution in [0.25, 0.3) is 41.5 Å². The van der Waals surface area contributed by atoms with Crippen molar-refractivity contribution in [2.75, 3.05) is 13.7 Å². The van der Waals surface area contributed by atoms with Gasteiger partial charge >= 0.3 is 35.0 Å². The Morgan fingerprint density at radius 2 is 1.58 bits per heavy atom. The number of carbonyl (C=O) groups excluding carboxylic acids is 3. The predicted molar refractivity (Wildman–Crippen MR) is 257 cm³/mol. The van der Waals surface area contributed by atoms with Crippen molar-refractivity contribution < 1.29 is 29.0 Å². The molecule has 6 atom stereocenters. The molecule has 1 aliphatic carbocycles. The Balaban J connectivity index is 0.00000771. The van der Waals surface area contributed by atoms with Crippen molar-refractivity contribution in [3.63, 3.8) is 0 Å². The van der Waals surface area contributed by atoms with Crippen LogP contribution < -0.4 is 36.2 Å². The zero-order chi connectivity index (χ0) is 45.5. The predicted octanol–water partition coefficient (Wildman–Crippen LogP) is 7.60. The summed E-state index contributed by atoms with van der Waals surface area (Å²) in [4.78, 5) is 55.9. The SMILES string of the molecule is C=Cc1c2[n-]c(c1C)/C=C1/[N-]C(C3=c4[n-]/c(c(C)c4C(=O)[C@@H]3C(=O)OC)=C\c3cc(=C\O)/c([n-]3)=C/2)[C@@H](CCC(=O)OC/C=C(\C)CCC[C@H](C)CCC[C@H](C)CCCC(C)C)[C@@H]1C.[Mg+2]. The van der Waals surface area contributed by atoms with Gasteiger partial charge in [-0.2, -0.15) is 5.70 Å². The van der Waals surface area contributed by atoms with Crippen LogP contribution in [0.2, 0.25) is 0 Å². The van der Waals surface area contributed by atoms with E-state index in [1.54, 1.807) is 18.2 Å². The standard InChI is InChI=1S/C53H68N4O6.Mg/c1-11-39-34(7)42-27-43-35(8)40(21-22-46(59)63-24-23-33(6)20-14-19-32(5)18-13-17-31(4)16-12-15-30(2)3)50(56-43)48-49(53(61)62-10)52(60)47-36(9)41(57-51(47)48)26-38-25-37(29-58)44(54-38)28-45(39)55-42;/h11,23,25-32,35,40,49-50H,1,12-22,24H2,2-10H3,(H,58,60);/q-4;+2/b33-23+,43-27+,44-28-;/t31-,32-,35+,40+,49-,50?;/m1./s1. The molecule has 0 aromatic carbocycles. The molecule has 6 rings (SSSR count). The number of hydrogen-bond donors (Lipinski definition) is 1. The number of esters is 2. The van der Waals surface area contributed by atoms with Crippen molar-refractivity contribution in [1.29, 1.82) is 0 Å². The van der Waals surface area contributed by atoms with Gasteiger partial charge in [0, 0.05) is 12.0 Å². The Kier molecular flexibility index (Phi) is 17.9. The van der Waals surface area contributed by atoms with E-state index in [0.717, 1.165) is 47.8 Å². The van der Waals surface area contributed by atoms with Crippen LogP contribution in [0.3, 0.4) is 0 Å². The summed E-state index contributed by atoms with van der Waals surface area (Å²) in [7, 11) is 1.28. The summed E-state index contributed by atoms with van der Waals surface area (Å²) in [5, 5.41) is 17.4. The fourth-order valence-corrected chi connectivity index (χ4v) is 9.77. The van der Waals surface area contributed by atoms with Crippen molar-refractivity contribution in [2.24, 2.45) is 35.5 Å². The van der Waals surface area contributed by atoms with E-state index in [-0.39, 0.29) is 59.7 Å². The number of aromatic nitrogens is 3. The van der Waals surface area contributed by atoms with E-state index in [1.165, 1.54) is 57.6 Å². The quantitative estimate of drug-likeness (QED) is 0.0557. The summed E-state index contributed by atoms with van der Waals surface area (Å²) in [6.45, 7) is 21.6. The van der Waals surface area contributed by atoms with Gasteiger partial charge in [-0.15, -0.1) is 33.1 Å². The van der Waals surface area contributed by atoms with Crippen molar-refractivity contribution in [1.82, 2.24) is 15.0 Å². The Morgan fingerprint density at radius 3 is 2.23 bits per heavy atom. The summed E-state index contributed by atoms with van der Waals surface area (Å²) >= 11 is 0. The number of methoxy groups -OCH3 is 1. The molecule has 10 nitrogen and oxygen atoms in total. The van der Waals surface area contributed by atoms with Crippen molar-refractivity contribution >= 4 is 76.9 Å². The average molecular weight is 881 g/mol. The summed E-state index contributed by atoms with van der Waals surface area (Å²) in [5.41, 5.74) is 7.02. The molecule has 5 heterocycles. The van der Waals surface area contributed by atoms with Gasteiger partial charge in [0.05, 0.1) is 13.4 Å². The molecule has 0 amide bonds. The maximum Gasteiger partial charge on any atom is 2.00 e. The maximum absolute atomic E-state index is 14.3. The third-order valence-corrected chi connectivity index (χ3v) is 13.7. The first-order chi connectivity index (χ1) is 30.1. The van der Waals surface area contributed by atoms with Crippen LogP contribution in [-0.2, 0) is 19.1 Å². The monoisotopic (exact) mass is 881 g/mol. The van der Waals surface area contributed by atoms with Crippen molar-refractivity contribution in [3.05, 3.63) is 95.9 Å². The van der Waals surface area contributed by atoms with E-state index in [1.807, 2.05) is 32.1 Å². The second-order valence-electron chi connectivity index (χ2n) is 18.9. The molecule has 0 radical (unpaired) electrons. The molecule has 8 bridgehead atoms. The van der Waals surface area contributed by atoms with Crippen LogP contribution in [0, 0.1) is 49.4 Å². The molecular formula is C53H68MgN4O6-2. The second-order valence-corrected chi connectivity index (χ2v) is 18.9. The van der Waals surface area contributed by atoms with Gasteiger partial charge in [0.2, 0.25) is 0 Å². The number of allylic oxidation sites excluding steroid dienone is 2. The molecule has 2 aliphatic heterocycles. The van der Waals surface area contributed by atoms with Crippen LogP contribution in [0.15, 0.2) is 30.0 Å². The minimum Gasteiger partial charge on any atom is -0.681 e. The van der Waals surface area contributed by atoms with Gasteiger partial charge in [0.15, 0.2) is 5.78 Å². The molecule has 0 spiro atoms. The van der Waals surface area contributed by atoms with Gasteiger partial charge < -0.3 is 34.8 Å². The maximum atomic E-state index is 14.3. The van der Waals surface area contributed by atoms with E-state index in [4.69, 9.17) is 29.7 Å². The molecule has 0 saturated carbocycles. The summed E-state index contributed by atoms with van der Waals surface area (Å²) < 4.78 is 11.0.